The van der Waals surface area contributed by atoms with Gasteiger partial charge in [-0.05, 0) is 18.6 Å². The summed E-state index contributed by atoms with van der Waals surface area (Å²) in [4.78, 5) is 16.3. The van der Waals surface area contributed by atoms with Crippen LogP contribution in [0.4, 0.5) is 0 Å². The Morgan fingerprint density at radius 3 is 3.14 bits per heavy atom. The van der Waals surface area contributed by atoms with E-state index < -0.39 is 0 Å². The molecule has 2 atom stereocenters. The Morgan fingerprint density at radius 1 is 1.41 bits per heavy atom. The van der Waals surface area contributed by atoms with Crippen molar-refractivity contribution in [3.8, 4) is 0 Å². The Bertz CT molecular complexity index is 588. The molecular weight excluding hydrogens is 286 g/mol. The van der Waals surface area contributed by atoms with Crippen LogP contribution in [0.15, 0.2) is 41.2 Å². The van der Waals surface area contributed by atoms with Crippen LogP contribution in [0.5, 0.6) is 0 Å². The van der Waals surface area contributed by atoms with Crippen LogP contribution in [-0.2, 0) is 16.1 Å². The normalized spacial score (nSPS) is 21.5. The largest absolute Gasteiger partial charge is 0.379 e. The van der Waals surface area contributed by atoms with E-state index >= 15 is 0 Å². The topological polar surface area (TPSA) is 86.5 Å². The summed E-state index contributed by atoms with van der Waals surface area (Å²) in [6.07, 6.45) is 3.69. The zero-order valence-corrected chi connectivity index (χ0v) is 12.0. The van der Waals surface area contributed by atoms with E-state index in [1.165, 1.54) is 12.3 Å². The number of nitrogens with one attached hydrogen (secondary N) is 1. The summed E-state index contributed by atoms with van der Waals surface area (Å²) in [5.74, 6) is -0.296. The fourth-order valence-electron chi connectivity index (χ4n) is 2.30. The Hall–Kier alpha value is -2.25. The first-order valence-corrected chi connectivity index (χ1v) is 7.13. The van der Waals surface area contributed by atoms with Gasteiger partial charge in [0.1, 0.15) is 6.26 Å². The maximum absolute atomic E-state index is 12.0. The molecule has 7 nitrogen and oxygen atoms in total. The maximum Gasteiger partial charge on any atom is 0.273 e. The van der Waals surface area contributed by atoms with Crippen LogP contribution in [-0.4, -0.2) is 41.4 Å². The van der Waals surface area contributed by atoms with Gasteiger partial charge in [-0.25, -0.2) is 0 Å². The summed E-state index contributed by atoms with van der Waals surface area (Å²) in [6, 6.07) is 6.98. The van der Waals surface area contributed by atoms with Crippen molar-refractivity contribution in [3.63, 3.8) is 0 Å². The van der Waals surface area contributed by atoms with Crippen LogP contribution in [0.3, 0.4) is 0 Å². The van der Waals surface area contributed by atoms with Crippen molar-refractivity contribution < 1.29 is 18.8 Å². The number of nitrogens with zero attached hydrogens (tertiary/aromatic N) is 2. The molecule has 0 spiro atoms. The van der Waals surface area contributed by atoms with Gasteiger partial charge in [0, 0.05) is 18.9 Å². The summed E-state index contributed by atoms with van der Waals surface area (Å²) >= 11 is 0. The van der Waals surface area contributed by atoms with Gasteiger partial charge >= 0.3 is 0 Å². The molecule has 0 radical (unpaired) electrons. The average Bonchev–Trinajstić information content (AvgIpc) is 3.10. The molecular formula is C15H17N3O4. The number of pyridine rings is 1. The number of rotatable bonds is 5. The molecule has 0 saturated carbocycles. The Balaban J connectivity index is 1.57. The van der Waals surface area contributed by atoms with E-state index in [9.17, 15) is 4.79 Å². The Labute approximate surface area is 127 Å². The summed E-state index contributed by atoms with van der Waals surface area (Å²) in [7, 11) is 0. The fourth-order valence-corrected chi connectivity index (χ4v) is 2.30. The van der Waals surface area contributed by atoms with Crippen molar-refractivity contribution in [1.29, 1.82) is 0 Å². The molecule has 0 unspecified atom stereocenters. The zero-order chi connectivity index (χ0) is 15.2. The van der Waals surface area contributed by atoms with E-state index in [1.807, 2.05) is 18.2 Å². The van der Waals surface area contributed by atoms with Crippen molar-refractivity contribution >= 4 is 5.91 Å². The minimum absolute atomic E-state index is 0.119. The first-order valence-electron chi connectivity index (χ1n) is 7.13. The van der Waals surface area contributed by atoms with E-state index in [1.54, 1.807) is 6.20 Å². The number of hydrogen-bond acceptors (Lipinski definition) is 6. The average molecular weight is 303 g/mol. The van der Waals surface area contributed by atoms with E-state index in [4.69, 9.17) is 9.47 Å². The van der Waals surface area contributed by atoms with E-state index in [-0.39, 0.29) is 23.7 Å². The highest BCUT2D eigenvalue weighted by molar-refractivity contribution is 5.92. The van der Waals surface area contributed by atoms with Crippen molar-refractivity contribution in [3.05, 3.63) is 48.1 Å². The molecule has 1 fully saturated rings. The van der Waals surface area contributed by atoms with Crippen LogP contribution in [0, 0.1) is 0 Å². The number of hydrogen-bond donors (Lipinski definition) is 1. The van der Waals surface area contributed by atoms with E-state index in [2.05, 4.69) is 20.0 Å². The minimum Gasteiger partial charge on any atom is -0.379 e. The lowest BCUT2D eigenvalue weighted by Crippen LogP contribution is -2.50. The van der Waals surface area contributed by atoms with Gasteiger partial charge in [0.15, 0.2) is 5.69 Å². The third kappa shape index (κ3) is 3.69. The number of carbonyl (C=O) groups excluding carboxylic acids is 1. The molecule has 116 valence electrons. The first kappa shape index (κ1) is 14.7. The monoisotopic (exact) mass is 303 g/mol. The molecule has 3 heterocycles. The standard InChI is InChI=1S/C15H17N3O4/c19-15(12-4-8-22-18-12)17-13-10-20-7-5-14(13)21-9-11-3-1-2-6-16-11/h1-4,6,8,13-14H,5,7,9-10H2,(H,17,19)/t13-,14-/m1/s1. The van der Waals surface area contributed by atoms with Gasteiger partial charge in [0.25, 0.3) is 5.91 Å². The predicted octanol–water partition coefficient (Wildman–Crippen LogP) is 1.17. The van der Waals surface area contributed by atoms with E-state index in [0.29, 0.717) is 19.8 Å². The van der Waals surface area contributed by atoms with Gasteiger partial charge in [-0.3, -0.25) is 9.78 Å². The lowest BCUT2D eigenvalue weighted by Gasteiger charge is -2.31. The van der Waals surface area contributed by atoms with Gasteiger partial charge < -0.3 is 19.3 Å². The second kappa shape index (κ2) is 7.15. The van der Waals surface area contributed by atoms with Crippen molar-refractivity contribution in [1.82, 2.24) is 15.5 Å². The van der Waals surface area contributed by atoms with Crippen LogP contribution >= 0.6 is 0 Å². The zero-order valence-electron chi connectivity index (χ0n) is 12.0. The Kier molecular flexibility index (Phi) is 4.77. The number of ether oxygens (including phenoxy) is 2. The van der Waals surface area contributed by atoms with Gasteiger partial charge in [-0.15, -0.1) is 0 Å². The Morgan fingerprint density at radius 2 is 2.36 bits per heavy atom. The summed E-state index contributed by atoms with van der Waals surface area (Å²) in [5.41, 5.74) is 1.10. The molecule has 1 amide bonds. The van der Waals surface area contributed by atoms with Gasteiger partial charge in [-0.1, -0.05) is 11.2 Å². The van der Waals surface area contributed by atoms with Gasteiger partial charge in [0.2, 0.25) is 0 Å². The molecule has 3 rings (SSSR count). The fraction of sp³-hybridized carbons (Fsp3) is 0.400. The summed E-state index contributed by atoms with van der Waals surface area (Å²) in [5, 5.41) is 6.50. The summed E-state index contributed by atoms with van der Waals surface area (Å²) < 4.78 is 16.0. The smallest absolute Gasteiger partial charge is 0.273 e. The van der Waals surface area contributed by atoms with Crippen molar-refractivity contribution in [2.45, 2.75) is 25.2 Å². The molecule has 22 heavy (non-hydrogen) atoms. The third-order valence-electron chi connectivity index (χ3n) is 3.45. The van der Waals surface area contributed by atoms with Crippen LogP contribution in [0.2, 0.25) is 0 Å². The molecule has 0 aromatic carbocycles. The molecule has 2 aromatic rings. The van der Waals surface area contributed by atoms with Crippen LogP contribution in [0.25, 0.3) is 0 Å². The number of amides is 1. The lowest BCUT2D eigenvalue weighted by atomic mass is 10.1. The SMILES string of the molecule is O=C(N[C@@H]1COCC[C@H]1OCc1ccccn1)c1ccon1. The number of carbonyl (C=O) groups is 1. The van der Waals surface area contributed by atoms with Crippen molar-refractivity contribution in [2.75, 3.05) is 13.2 Å². The molecule has 0 aliphatic carbocycles. The predicted molar refractivity (Wildman–Crippen MR) is 76.0 cm³/mol. The molecule has 1 aliphatic rings. The molecule has 2 aromatic heterocycles. The number of aromatic nitrogens is 2. The highest BCUT2D eigenvalue weighted by atomic mass is 16.5. The van der Waals surface area contributed by atoms with Crippen LogP contribution < -0.4 is 5.32 Å². The third-order valence-corrected chi connectivity index (χ3v) is 3.45. The molecule has 1 N–H and O–H groups in total. The minimum atomic E-state index is -0.296. The highest BCUT2D eigenvalue weighted by Crippen LogP contribution is 2.14. The molecule has 1 aliphatic heterocycles. The maximum atomic E-state index is 12.0. The summed E-state index contributed by atoms with van der Waals surface area (Å²) in [6.45, 7) is 1.43. The molecule has 0 bridgehead atoms. The molecule has 1 saturated heterocycles. The van der Waals surface area contributed by atoms with Crippen molar-refractivity contribution in [2.24, 2.45) is 0 Å². The van der Waals surface area contributed by atoms with E-state index in [0.717, 1.165) is 12.1 Å². The lowest BCUT2D eigenvalue weighted by molar-refractivity contribution is -0.0613. The molecule has 7 heteroatoms. The quantitative estimate of drug-likeness (QED) is 0.892. The highest BCUT2D eigenvalue weighted by Gasteiger charge is 2.29. The van der Waals surface area contributed by atoms with Gasteiger partial charge in [0.05, 0.1) is 31.1 Å². The van der Waals surface area contributed by atoms with Crippen LogP contribution in [0.1, 0.15) is 22.6 Å². The van der Waals surface area contributed by atoms with Gasteiger partial charge in [-0.2, -0.15) is 0 Å². The first-order chi connectivity index (χ1) is 10.8. The second-order valence-electron chi connectivity index (χ2n) is 5.00. The second-order valence-corrected chi connectivity index (χ2v) is 5.00.